The van der Waals surface area contributed by atoms with Gasteiger partial charge in [0.05, 0.1) is 0 Å². The molecule has 6 nitrogen and oxygen atoms in total. The van der Waals surface area contributed by atoms with Crippen molar-refractivity contribution >= 4 is 26.6 Å². The van der Waals surface area contributed by atoms with E-state index in [0.29, 0.717) is 5.52 Å². The topological polar surface area (TPSA) is 76.1 Å². The molecule has 1 fully saturated rings. The fourth-order valence-corrected chi connectivity index (χ4v) is 2.77. The predicted octanol–water partition coefficient (Wildman–Crippen LogP) is 1.03. The van der Waals surface area contributed by atoms with E-state index >= 15 is 0 Å². The Kier molecular flexibility index (Phi) is 2.85. The molecule has 19 heavy (non-hydrogen) atoms. The molecule has 3 heterocycles. The summed E-state index contributed by atoms with van der Waals surface area (Å²) in [6.07, 6.45) is 6.61. The highest BCUT2D eigenvalue weighted by Gasteiger charge is 2.19. The molecule has 0 bridgehead atoms. The Morgan fingerprint density at radius 2 is 1.95 bits per heavy atom. The van der Waals surface area contributed by atoms with E-state index < -0.39 is 9.84 Å². The molecule has 7 heteroatoms. The molecule has 0 unspecified atom stereocenters. The Hall–Kier alpha value is -1.76. The molecule has 0 N–H and O–H groups in total. The molecular formula is C12H14N4O2S. The summed E-state index contributed by atoms with van der Waals surface area (Å²) in [5, 5.41) is 0.665. The third-order valence-corrected chi connectivity index (χ3v) is 4.05. The molecule has 2 aromatic heterocycles. The van der Waals surface area contributed by atoms with Crippen molar-refractivity contribution in [1.29, 1.82) is 0 Å². The lowest BCUT2D eigenvalue weighted by Crippen LogP contribution is -2.19. The summed E-state index contributed by atoms with van der Waals surface area (Å²) in [5.74, 6) is 0.752. The quantitative estimate of drug-likeness (QED) is 0.764. The lowest BCUT2D eigenvalue weighted by molar-refractivity contribution is 0.593. The molecule has 3 rings (SSSR count). The van der Waals surface area contributed by atoms with Crippen molar-refractivity contribution in [3.05, 3.63) is 18.5 Å². The smallest absolute Gasteiger partial charge is 0.247 e. The second-order valence-electron chi connectivity index (χ2n) is 4.69. The van der Waals surface area contributed by atoms with Crippen molar-refractivity contribution in [3.63, 3.8) is 0 Å². The van der Waals surface area contributed by atoms with Crippen LogP contribution >= 0.6 is 0 Å². The van der Waals surface area contributed by atoms with Crippen molar-refractivity contribution in [2.24, 2.45) is 0 Å². The summed E-state index contributed by atoms with van der Waals surface area (Å²) < 4.78 is 23.1. The van der Waals surface area contributed by atoms with Crippen molar-refractivity contribution in [2.45, 2.75) is 18.0 Å². The van der Waals surface area contributed by atoms with Crippen molar-refractivity contribution in [3.8, 4) is 0 Å². The number of aromatic nitrogens is 3. The molecule has 0 spiro atoms. The van der Waals surface area contributed by atoms with Gasteiger partial charge in [0.2, 0.25) is 15.0 Å². The maximum absolute atomic E-state index is 11.6. The molecule has 0 aromatic carbocycles. The summed E-state index contributed by atoms with van der Waals surface area (Å²) in [6, 6.07) is 1.79. The summed E-state index contributed by atoms with van der Waals surface area (Å²) in [5.41, 5.74) is 0.611. The fraction of sp³-hybridized carbons (Fsp3) is 0.417. The van der Waals surface area contributed by atoms with E-state index in [9.17, 15) is 8.42 Å². The highest BCUT2D eigenvalue weighted by atomic mass is 32.2. The first-order valence-corrected chi connectivity index (χ1v) is 8.01. The summed E-state index contributed by atoms with van der Waals surface area (Å²) >= 11 is 0. The summed E-state index contributed by atoms with van der Waals surface area (Å²) in [4.78, 5) is 14.6. The zero-order valence-electron chi connectivity index (χ0n) is 10.6. The highest BCUT2D eigenvalue weighted by molar-refractivity contribution is 7.90. The lowest BCUT2D eigenvalue weighted by atomic mass is 10.3. The van der Waals surface area contributed by atoms with E-state index in [1.165, 1.54) is 0 Å². The van der Waals surface area contributed by atoms with Crippen LogP contribution in [0.4, 0.5) is 5.82 Å². The van der Waals surface area contributed by atoms with E-state index in [0.717, 1.165) is 43.4 Å². The first-order chi connectivity index (χ1) is 9.05. The second kappa shape index (κ2) is 4.41. The van der Waals surface area contributed by atoms with Gasteiger partial charge in [-0.3, -0.25) is 0 Å². The molecule has 0 atom stereocenters. The van der Waals surface area contributed by atoms with Crippen LogP contribution in [0.15, 0.2) is 23.6 Å². The van der Waals surface area contributed by atoms with Crippen LogP contribution in [0.25, 0.3) is 10.9 Å². The van der Waals surface area contributed by atoms with Gasteiger partial charge in [-0.2, -0.15) is 0 Å². The highest BCUT2D eigenvalue weighted by Crippen LogP contribution is 2.25. The largest absolute Gasteiger partial charge is 0.355 e. The van der Waals surface area contributed by atoms with Crippen LogP contribution in [0.3, 0.4) is 0 Å². The Labute approximate surface area is 111 Å². The van der Waals surface area contributed by atoms with Crippen LogP contribution in [0.1, 0.15) is 12.8 Å². The average Bonchev–Trinajstić information content (AvgIpc) is 2.90. The second-order valence-corrected chi connectivity index (χ2v) is 6.60. The van der Waals surface area contributed by atoms with Crippen LogP contribution < -0.4 is 4.90 Å². The van der Waals surface area contributed by atoms with Gasteiger partial charge in [-0.25, -0.2) is 23.4 Å². The van der Waals surface area contributed by atoms with Gasteiger partial charge in [0, 0.05) is 37.1 Å². The maximum Gasteiger partial charge on any atom is 0.247 e. The average molecular weight is 278 g/mol. The number of sulfone groups is 1. The van der Waals surface area contributed by atoms with Gasteiger partial charge >= 0.3 is 0 Å². The monoisotopic (exact) mass is 278 g/mol. The SMILES string of the molecule is CS(=O)(=O)c1ncc2ccnc(N3CCCC3)c2n1. The zero-order valence-corrected chi connectivity index (χ0v) is 11.4. The van der Waals surface area contributed by atoms with Crippen molar-refractivity contribution in [1.82, 2.24) is 15.0 Å². The molecule has 0 amide bonds. The standard InChI is InChI=1S/C12H14N4O2S/c1-19(17,18)12-14-8-9-4-5-13-11(10(9)15-12)16-6-2-3-7-16/h4-5,8H,2-3,6-7H2,1H3. The first-order valence-electron chi connectivity index (χ1n) is 6.12. The molecule has 100 valence electrons. The third-order valence-electron chi connectivity index (χ3n) is 3.19. The number of fused-ring (bicyclic) bond motifs is 1. The van der Waals surface area contributed by atoms with Crippen LogP contribution in [-0.2, 0) is 9.84 Å². The van der Waals surface area contributed by atoms with E-state index in [1.807, 2.05) is 0 Å². The molecule has 1 aliphatic rings. The third kappa shape index (κ3) is 2.25. The van der Waals surface area contributed by atoms with Gasteiger partial charge in [-0.1, -0.05) is 0 Å². The van der Waals surface area contributed by atoms with Gasteiger partial charge in [0.15, 0.2) is 5.82 Å². The Morgan fingerprint density at radius 3 is 2.63 bits per heavy atom. The molecule has 0 saturated carbocycles. The van der Waals surface area contributed by atoms with Gasteiger partial charge in [-0.15, -0.1) is 0 Å². The van der Waals surface area contributed by atoms with Gasteiger partial charge in [0.25, 0.3) is 0 Å². The maximum atomic E-state index is 11.6. The van der Waals surface area contributed by atoms with Crippen LogP contribution in [0.5, 0.6) is 0 Å². The normalized spacial score (nSPS) is 16.2. The molecule has 2 aromatic rings. The van der Waals surface area contributed by atoms with Gasteiger partial charge < -0.3 is 4.90 Å². The van der Waals surface area contributed by atoms with E-state index in [1.54, 1.807) is 18.5 Å². The van der Waals surface area contributed by atoms with E-state index in [-0.39, 0.29) is 5.16 Å². The summed E-state index contributed by atoms with van der Waals surface area (Å²) in [6.45, 7) is 1.87. The van der Waals surface area contributed by atoms with Crippen molar-refractivity contribution < 1.29 is 8.42 Å². The Bertz CT molecular complexity index is 724. The number of rotatable bonds is 2. The Balaban J connectivity index is 2.21. The van der Waals surface area contributed by atoms with Crippen LogP contribution in [0, 0.1) is 0 Å². The van der Waals surface area contributed by atoms with Crippen molar-refractivity contribution in [2.75, 3.05) is 24.2 Å². The van der Waals surface area contributed by atoms with Crippen LogP contribution in [-0.4, -0.2) is 42.7 Å². The summed E-state index contributed by atoms with van der Waals surface area (Å²) in [7, 11) is -3.40. The first kappa shape index (κ1) is 12.3. The minimum absolute atomic E-state index is 0.145. The zero-order chi connectivity index (χ0) is 13.5. The number of pyridine rings is 1. The van der Waals surface area contributed by atoms with Gasteiger partial charge in [0.1, 0.15) is 5.52 Å². The number of hydrogen-bond acceptors (Lipinski definition) is 6. The predicted molar refractivity (Wildman–Crippen MR) is 71.9 cm³/mol. The van der Waals surface area contributed by atoms with E-state index in [2.05, 4.69) is 19.9 Å². The molecule has 1 saturated heterocycles. The molecule has 1 aliphatic heterocycles. The molecule has 0 aliphatic carbocycles. The molecular weight excluding hydrogens is 264 g/mol. The fourth-order valence-electron chi connectivity index (χ4n) is 2.26. The Morgan fingerprint density at radius 1 is 1.21 bits per heavy atom. The van der Waals surface area contributed by atoms with Gasteiger partial charge in [-0.05, 0) is 18.9 Å². The minimum atomic E-state index is -3.40. The number of anilines is 1. The number of hydrogen-bond donors (Lipinski definition) is 0. The number of nitrogens with zero attached hydrogens (tertiary/aromatic N) is 4. The van der Waals surface area contributed by atoms with Crippen LogP contribution in [0.2, 0.25) is 0 Å². The molecule has 0 radical (unpaired) electrons. The van der Waals surface area contributed by atoms with E-state index in [4.69, 9.17) is 0 Å². The lowest BCUT2D eigenvalue weighted by Gasteiger charge is -2.17. The minimum Gasteiger partial charge on any atom is -0.355 e.